The van der Waals surface area contributed by atoms with Crippen molar-refractivity contribution in [3.8, 4) is 29.0 Å². The van der Waals surface area contributed by atoms with Gasteiger partial charge in [0.15, 0.2) is 5.75 Å². The summed E-state index contributed by atoms with van der Waals surface area (Å²) in [5.41, 5.74) is 5.13. The first-order valence-corrected chi connectivity index (χ1v) is 14.1. The second-order valence-corrected chi connectivity index (χ2v) is 11.3. The maximum Gasteiger partial charge on any atom is 0.260 e. The molecule has 0 radical (unpaired) electrons. The molecule has 9 rings (SSSR count). The summed E-state index contributed by atoms with van der Waals surface area (Å²) < 4.78 is 12.7. The fourth-order valence-electron chi connectivity index (χ4n) is 6.51. The molecule has 4 aromatic heterocycles. The van der Waals surface area contributed by atoms with Crippen LogP contribution in [0.4, 0.5) is 11.5 Å². The fraction of sp³-hybridized carbons (Fsp3) is 0.414. The number of aromatic nitrogens is 5. The second-order valence-electron chi connectivity index (χ2n) is 11.3. The van der Waals surface area contributed by atoms with Gasteiger partial charge in [-0.25, -0.2) is 14.5 Å². The van der Waals surface area contributed by atoms with E-state index in [0.717, 1.165) is 85.4 Å². The highest BCUT2D eigenvalue weighted by atomic mass is 16.7. The van der Waals surface area contributed by atoms with Crippen LogP contribution in [0.1, 0.15) is 17.5 Å². The van der Waals surface area contributed by atoms with Gasteiger partial charge in [0.2, 0.25) is 6.79 Å². The molecule has 0 spiro atoms. The number of hydrogen-bond acceptors (Lipinski definition) is 11. The Hall–Kier alpha value is -4.47. The predicted octanol–water partition coefficient (Wildman–Crippen LogP) is 2.00. The van der Waals surface area contributed by atoms with Crippen LogP contribution in [-0.2, 0) is 6.54 Å². The minimum Gasteiger partial charge on any atom is -0.452 e. The number of rotatable bonds is 5. The molecule has 41 heavy (non-hydrogen) atoms. The van der Waals surface area contributed by atoms with Gasteiger partial charge >= 0.3 is 0 Å². The number of piperazine rings is 2. The molecule has 12 nitrogen and oxygen atoms in total. The molecule has 208 valence electrons. The first kappa shape index (κ1) is 24.3. The summed E-state index contributed by atoms with van der Waals surface area (Å²) in [6.07, 6.45) is 10.4. The van der Waals surface area contributed by atoms with Crippen molar-refractivity contribution in [2.75, 3.05) is 62.9 Å². The molecule has 0 aliphatic carbocycles. The van der Waals surface area contributed by atoms with Gasteiger partial charge in [0, 0.05) is 69.7 Å². The number of likely N-dealkylation sites (N-methyl/N-ethyl adjacent to an activating group) is 1. The maximum atomic E-state index is 9.76. The Kier molecular flexibility index (Phi) is 5.68. The van der Waals surface area contributed by atoms with Crippen molar-refractivity contribution in [3.63, 3.8) is 0 Å². The second kappa shape index (κ2) is 9.57. The van der Waals surface area contributed by atoms with Crippen molar-refractivity contribution in [1.82, 2.24) is 34.4 Å². The van der Waals surface area contributed by atoms with E-state index in [9.17, 15) is 5.26 Å². The van der Waals surface area contributed by atoms with E-state index in [2.05, 4.69) is 48.9 Å². The number of hydrogen-bond donors (Lipinski definition) is 0. The average Bonchev–Trinajstić information content (AvgIpc) is 3.66. The number of nitriles is 1. The zero-order valence-electron chi connectivity index (χ0n) is 22.8. The molecule has 0 aromatic carbocycles. The Morgan fingerprint density at radius 3 is 2.59 bits per heavy atom. The van der Waals surface area contributed by atoms with Gasteiger partial charge in [0.1, 0.15) is 11.9 Å². The summed E-state index contributed by atoms with van der Waals surface area (Å²) in [6, 6.07) is 7.39. The Bertz CT molecular complexity index is 1640. The van der Waals surface area contributed by atoms with Gasteiger partial charge in [-0.05, 0) is 31.2 Å². The van der Waals surface area contributed by atoms with E-state index in [0.29, 0.717) is 23.5 Å². The van der Waals surface area contributed by atoms with Gasteiger partial charge in [-0.15, -0.1) is 0 Å². The lowest BCUT2D eigenvalue weighted by Gasteiger charge is -2.56. The van der Waals surface area contributed by atoms with Gasteiger partial charge < -0.3 is 24.2 Å². The number of ether oxygens (including phenoxy) is 2. The van der Waals surface area contributed by atoms with E-state index in [-0.39, 0.29) is 6.79 Å². The summed E-state index contributed by atoms with van der Waals surface area (Å²) in [4.78, 5) is 23.7. The molecule has 0 N–H and O–H groups in total. The highest BCUT2D eigenvalue weighted by Gasteiger charge is 2.45. The Morgan fingerprint density at radius 1 is 0.951 bits per heavy atom. The molecule has 0 saturated carbocycles. The van der Waals surface area contributed by atoms with Crippen molar-refractivity contribution >= 4 is 17.0 Å². The van der Waals surface area contributed by atoms with Crippen molar-refractivity contribution in [2.45, 2.75) is 25.0 Å². The first-order valence-electron chi connectivity index (χ1n) is 14.1. The molecule has 2 unspecified atom stereocenters. The Morgan fingerprint density at radius 2 is 1.80 bits per heavy atom. The van der Waals surface area contributed by atoms with E-state index in [4.69, 9.17) is 19.4 Å². The zero-order chi connectivity index (χ0) is 27.5. The standard InChI is InChI=1S/C29H30N10O2/c1-35-2-4-36(5-3-35)21-8-24(28-20(9-30)11-34-39(28)17-21)25-12-32-27(13-31-25)37-15-22-7-23(16-37)38(22)14-19-6-26-29(33-10-19)41-18-40-26/h6,8,10-13,17,22-23H,2-5,7,14-16,18H2,1H3. The van der Waals surface area contributed by atoms with Crippen LogP contribution >= 0.6 is 0 Å². The third-order valence-corrected chi connectivity index (χ3v) is 8.82. The lowest BCUT2D eigenvalue weighted by Crippen LogP contribution is -2.68. The van der Waals surface area contributed by atoms with Gasteiger partial charge in [-0.3, -0.25) is 9.88 Å². The molecule has 4 fully saturated rings. The summed E-state index contributed by atoms with van der Waals surface area (Å²) in [7, 11) is 2.15. The smallest absolute Gasteiger partial charge is 0.260 e. The minimum absolute atomic E-state index is 0.240. The van der Waals surface area contributed by atoms with Crippen molar-refractivity contribution in [1.29, 1.82) is 5.26 Å². The lowest BCUT2D eigenvalue weighted by atomic mass is 9.87. The van der Waals surface area contributed by atoms with Crippen LogP contribution < -0.4 is 19.3 Å². The van der Waals surface area contributed by atoms with Crippen LogP contribution in [0.25, 0.3) is 16.8 Å². The number of piperidine rings is 1. The van der Waals surface area contributed by atoms with Gasteiger partial charge in [0.05, 0.1) is 47.2 Å². The van der Waals surface area contributed by atoms with E-state index in [1.165, 1.54) is 6.42 Å². The zero-order valence-corrected chi connectivity index (χ0v) is 22.8. The number of fused-ring (bicyclic) bond motifs is 4. The highest BCUT2D eigenvalue weighted by Crippen LogP contribution is 2.37. The lowest BCUT2D eigenvalue weighted by molar-refractivity contribution is -0.00880. The van der Waals surface area contributed by atoms with Crippen LogP contribution in [0, 0.1) is 11.3 Å². The highest BCUT2D eigenvalue weighted by molar-refractivity contribution is 5.85. The molecule has 9 heterocycles. The summed E-state index contributed by atoms with van der Waals surface area (Å²) in [5.74, 6) is 2.19. The van der Waals surface area contributed by atoms with Crippen LogP contribution in [0.15, 0.2) is 43.1 Å². The Labute approximate surface area is 237 Å². The topological polar surface area (TPSA) is 111 Å². The van der Waals surface area contributed by atoms with E-state index < -0.39 is 0 Å². The molecular formula is C29H30N10O2. The summed E-state index contributed by atoms with van der Waals surface area (Å²) in [6.45, 7) is 6.81. The molecule has 2 atom stereocenters. The Balaban J connectivity index is 1.01. The molecule has 4 aromatic rings. The van der Waals surface area contributed by atoms with Crippen molar-refractivity contribution < 1.29 is 9.47 Å². The molecule has 4 saturated heterocycles. The third kappa shape index (κ3) is 4.20. The van der Waals surface area contributed by atoms with Crippen LogP contribution in [0.2, 0.25) is 0 Å². The third-order valence-electron chi connectivity index (χ3n) is 8.82. The molecule has 2 bridgehead atoms. The van der Waals surface area contributed by atoms with Crippen LogP contribution in [0.5, 0.6) is 11.6 Å². The van der Waals surface area contributed by atoms with E-state index in [1.807, 2.05) is 30.9 Å². The van der Waals surface area contributed by atoms with Gasteiger partial charge in [0.25, 0.3) is 5.88 Å². The molecular weight excluding hydrogens is 520 g/mol. The molecule has 5 aliphatic rings. The molecule has 5 aliphatic heterocycles. The van der Waals surface area contributed by atoms with Gasteiger partial charge in [-0.2, -0.15) is 10.4 Å². The van der Waals surface area contributed by atoms with E-state index in [1.54, 1.807) is 10.7 Å². The quantitative estimate of drug-likeness (QED) is 0.364. The number of pyridine rings is 2. The van der Waals surface area contributed by atoms with Crippen LogP contribution in [-0.4, -0.2) is 99.6 Å². The fourth-order valence-corrected chi connectivity index (χ4v) is 6.51. The summed E-state index contributed by atoms with van der Waals surface area (Å²) in [5, 5.41) is 14.2. The van der Waals surface area contributed by atoms with Crippen molar-refractivity contribution in [3.05, 3.63) is 54.2 Å². The largest absolute Gasteiger partial charge is 0.452 e. The molecule has 12 heteroatoms. The number of anilines is 2. The number of nitrogens with zero attached hydrogens (tertiary/aromatic N) is 10. The normalized spacial score (nSPS) is 22.1. The molecule has 0 amide bonds. The van der Waals surface area contributed by atoms with E-state index >= 15 is 0 Å². The first-order chi connectivity index (χ1) is 20.1. The van der Waals surface area contributed by atoms with Gasteiger partial charge in [-0.1, -0.05) is 0 Å². The monoisotopic (exact) mass is 550 g/mol. The minimum atomic E-state index is 0.240. The average molecular weight is 551 g/mol. The maximum absolute atomic E-state index is 9.76. The predicted molar refractivity (Wildman–Crippen MR) is 151 cm³/mol. The van der Waals surface area contributed by atoms with Crippen molar-refractivity contribution in [2.24, 2.45) is 0 Å². The van der Waals surface area contributed by atoms with Crippen LogP contribution in [0.3, 0.4) is 0 Å². The summed E-state index contributed by atoms with van der Waals surface area (Å²) >= 11 is 0. The SMILES string of the molecule is CN1CCN(c2cc(-c3cnc(N4CC5CC(C4)N5Cc4cnc5c(c4)OCO5)cn3)c3c(C#N)cnn3c2)CC1.